The molecule has 0 unspecified atom stereocenters. The molecule has 1 aromatic rings. The Morgan fingerprint density at radius 3 is 2.67 bits per heavy atom. The summed E-state index contributed by atoms with van der Waals surface area (Å²) < 4.78 is 5.24. The third-order valence-corrected chi connectivity index (χ3v) is 1.80. The summed E-state index contributed by atoms with van der Waals surface area (Å²) in [5, 5.41) is 0. The van der Waals surface area contributed by atoms with Crippen LogP contribution in [0.2, 0.25) is 0 Å². The van der Waals surface area contributed by atoms with Crippen LogP contribution in [0.1, 0.15) is 32.2 Å². The Morgan fingerprint density at radius 2 is 2.17 bits per heavy atom. The zero-order valence-corrected chi connectivity index (χ0v) is 8.48. The van der Waals surface area contributed by atoms with Crippen LogP contribution < -0.4 is 0 Å². The lowest BCUT2D eigenvalue weighted by molar-refractivity contribution is 0.361. The highest BCUT2D eigenvalue weighted by Gasteiger charge is 2.16. The summed E-state index contributed by atoms with van der Waals surface area (Å²) in [6.07, 6.45) is 2.34. The average Bonchev–Trinajstić information content (AvgIpc) is 2.31. The molecule has 0 aromatic carbocycles. The van der Waals surface area contributed by atoms with Gasteiger partial charge in [0.05, 0.1) is 11.6 Å². The Balaban J connectivity index is 2.75. The van der Waals surface area contributed by atoms with E-state index >= 15 is 0 Å². The summed E-state index contributed by atoms with van der Waals surface area (Å²) in [5.74, 6) is 1.35. The van der Waals surface area contributed by atoms with Crippen molar-refractivity contribution in [2.75, 3.05) is 0 Å². The fraction of sp³-hybridized carbons (Fsp3) is 0.667. The first-order valence-electron chi connectivity index (χ1n) is 4.00. The summed E-state index contributed by atoms with van der Waals surface area (Å²) >= 11 is 5.68. The fourth-order valence-electron chi connectivity index (χ4n) is 1.03. The molecule has 0 aliphatic heterocycles. The molecule has 0 aliphatic rings. The number of rotatable bonds is 2. The summed E-state index contributed by atoms with van der Waals surface area (Å²) in [6.45, 7) is 6.48. The summed E-state index contributed by atoms with van der Waals surface area (Å²) in [5.41, 5.74) is 1.09. The van der Waals surface area contributed by atoms with Gasteiger partial charge in [-0.05, 0) is 5.41 Å². The van der Waals surface area contributed by atoms with Gasteiger partial charge >= 0.3 is 0 Å². The Morgan fingerprint density at radius 1 is 1.50 bits per heavy atom. The van der Waals surface area contributed by atoms with E-state index < -0.39 is 0 Å². The number of halogens is 1. The maximum Gasteiger partial charge on any atom is 0.181 e. The zero-order chi connectivity index (χ0) is 9.19. The molecule has 0 radical (unpaired) electrons. The predicted molar refractivity (Wildman–Crippen MR) is 49.2 cm³/mol. The number of oxazole rings is 1. The van der Waals surface area contributed by atoms with E-state index in [0.29, 0.717) is 5.88 Å². The third-order valence-electron chi connectivity index (χ3n) is 1.54. The molecule has 1 heterocycles. The first-order valence-corrected chi connectivity index (χ1v) is 4.53. The maximum atomic E-state index is 5.68. The van der Waals surface area contributed by atoms with Crippen molar-refractivity contribution < 1.29 is 4.42 Å². The van der Waals surface area contributed by atoms with Crippen molar-refractivity contribution in [2.24, 2.45) is 5.41 Å². The Bertz CT molecular complexity index is 249. The van der Waals surface area contributed by atoms with Gasteiger partial charge in [-0.15, -0.1) is 11.6 Å². The Kier molecular flexibility index (Phi) is 2.78. The molecule has 0 saturated carbocycles. The predicted octanol–water partition coefficient (Wildman–Crippen LogP) is 3.00. The van der Waals surface area contributed by atoms with Gasteiger partial charge in [0.1, 0.15) is 5.76 Å². The standard InChI is InChI=1S/C9H14ClNO/c1-9(2,3)4-8-7(5-10)11-6-12-8/h6H,4-5H2,1-3H3. The van der Waals surface area contributed by atoms with Crippen molar-refractivity contribution in [2.45, 2.75) is 33.1 Å². The van der Waals surface area contributed by atoms with Crippen molar-refractivity contribution in [3.63, 3.8) is 0 Å². The van der Waals surface area contributed by atoms with Gasteiger partial charge in [0.2, 0.25) is 0 Å². The number of alkyl halides is 1. The zero-order valence-electron chi connectivity index (χ0n) is 7.72. The monoisotopic (exact) mass is 187 g/mol. The molecule has 0 N–H and O–H groups in total. The Labute approximate surface area is 77.9 Å². The lowest BCUT2D eigenvalue weighted by Gasteiger charge is -2.15. The largest absolute Gasteiger partial charge is 0.448 e. The van der Waals surface area contributed by atoms with E-state index in [9.17, 15) is 0 Å². The molecule has 0 aliphatic carbocycles. The highest BCUT2D eigenvalue weighted by molar-refractivity contribution is 6.16. The van der Waals surface area contributed by atoms with Crippen molar-refractivity contribution >= 4 is 11.6 Å². The minimum atomic E-state index is 0.223. The molecule has 1 aromatic heterocycles. The highest BCUT2D eigenvalue weighted by atomic mass is 35.5. The first kappa shape index (κ1) is 9.59. The molecular weight excluding hydrogens is 174 g/mol. The second-order valence-corrected chi connectivity index (χ2v) is 4.36. The van der Waals surface area contributed by atoms with Crippen molar-refractivity contribution in [1.29, 1.82) is 0 Å². The second kappa shape index (κ2) is 3.48. The normalized spacial score (nSPS) is 12.0. The lowest BCUT2D eigenvalue weighted by Crippen LogP contribution is -2.09. The molecule has 1 rings (SSSR count). The minimum absolute atomic E-state index is 0.223. The molecule has 12 heavy (non-hydrogen) atoms. The van der Waals surface area contributed by atoms with Crippen LogP contribution >= 0.6 is 11.6 Å². The van der Waals surface area contributed by atoms with Crippen molar-refractivity contribution in [3.8, 4) is 0 Å². The van der Waals surface area contributed by atoms with Crippen LogP contribution in [0.5, 0.6) is 0 Å². The fourth-order valence-corrected chi connectivity index (χ4v) is 1.25. The topological polar surface area (TPSA) is 26.0 Å². The van der Waals surface area contributed by atoms with Crippen molar-refractivity contribution in [3.05, 3.63) is 17.8 Å². The molecule has 3 heteroatoms. The SMILES string of the molecule is CC(C)(C)Cc1ocnc1CCl. The van der Waals surface area contributed by atoms with Gasteiger partial charge < -0.3 is 4.42 Å². The molecule has 0 saturated heterocycles. The van der Waals surface area contributed by atoms with E-state index in [2.05, 4.69) is 25.8 Å². The van der Waals surface area contributed by atoms with Crippen LogP contribution in [0.3, 0.4) is 0 Å². The Hall–Kier alpha value is -0.500. The number of aromatic nitrogens is 1. The summed E-state index contributed by atoms with van der Waals surface area (Å²) in [4.78, 5) is 4.02. The molecule has 0 bridgehead atoms. The first-order chi connectivity index (χ1) is 5.53. The molecule has 0 atom stereocenters. The molecule has 0 spiro atoms. The molecule has 68 valence electrons. The van der Waals surface area contributed by atoms with Crippen LogP contribution in [-0.4, -0.2) is 4.98 Å². The highest BCUT2D eigenvalue weighted by Crippen LogP contribution is 2.22. The van der Waals surface area contributed by atoms with Gasteiger partial charge in [-0.2, -0.15) is 0 Å². The van der Waals surface area contributed by atoms with E-state index in [1.54, 1.807) is 0 Å². The smallest absolute Gasteiger partial charge is 0.181 e. The van der Waals surface area contributed by atoms with Gasteiger partial charge in [0.15, 0.2) is 6.39 Å². The van der Waals surface area contributed by atoms with Gasteiger partial charge in [-0.25, -0.2) is 4.98 Å². The molecule has 0 fully saturated rings. The third kappa shape index (κ3) is 2.52. The van der Waals surface area contributed by atoms with E-state index in [1.807, 2.05) is 0 Å². The van der Waals surface area contributed by atoms with E-state index in [1.165, 1.54) is 6.39 Å². The van der Waals surface area contributed by atoms with Crippen LogP contribution in [0, 0.1) is 5.41 Å². The number of hydrogen-bond acceptors (Lipinski definition) is 2. The van der Waals surface area contributed by atoms with Gasteiger partial charge in [-0.3, -0.25) is 0 Å². The van der Waals surface area contributed by atoms with Crippen LogP contribution in [0.4, 0.5) is 0 Å². The van der Waals surface area contributed by atoms with E-state index in [-0.39, 0.29) is 5.41 Å². The van der Waals surface area contributed by atoms with Gasteiger partial charge in [0.25, 0.3) is 0 Å². The lowest BCUT2D eigenvalue weighted by atomic mass is 9.90. The van der Waals surface area contributed by atoms with Crippen LogP contribution in [0.25, 0.3) is 0 Å². The number of nitrogens with zero attached hydrogens (tertiary/aromatic N) is 1. The molecule has 2 nitrogen and oxygen atoms in total. The van der Waals surface area contributed by atoms with Crippen LogP contribution in [-0.2, 0) is 12.3 Å². The second-order valence-electron chi connectivity index (χ2n) is 4.09. The van der Waals surface area contributed by atoms with E-state index in [4.69, 9.17) is 16.0 Å². The summed E-state index contributed by atoms with van der Waals surface area (Å²) in [6, 6.07) is 0. The summed E-state index contributed by atoms with van der Waals surface area (Å²) in [7, 11) is 0. The average molecular weight is 188 g/mol. The van der Waals surface area contributed by atoms with Gasteiger partial charge in [-0.1, -0.05) is 20.8 Å². The van der Waals surface area contributed by atoms with Crippen LogP contribution in [0.15, 0.2) is 10.8 Å². The van der Waals surface area contributed by atoms with Gasteiger partial charge in [0, 0.05) is 6.42 Å². The molecule has 0 amide bonds. The number of hydrogen-bond donors (Lipinski definition) is 0. The molecular formula is C9H14ClNO. The van der Waals surface area contributed by atoms with Crippen molar-refractivity contribution in [1.82, 2.24) is 4.98 Å². The maximum absolute atomic E-state index is 5.68. The van der Waals surface area contributed by atoms with E-state index in [0.717, 1.165) is 17.9 Å². The minimum Gasteiger partial charge on any atom is -0.448 e. The quantitative estimate of drug-likeness (QED) is 0.666.